The van der Waals surface area contributed by atoms with Gasteiger partial charge in [0.05, 0.1) is 5.41 Å². The lowest BCUT2D eigenvalue weighted by Crippen LogP contribution is -2.28. The summed E-state index contributed by atoms with van der Waals surface area (Å²) >= 11 is 0. The molecule has 0 fully saturated rings. The summed E-state index contributed by atoms with van der Waals surface area (Å²) in [6.45, 7) is 4.66. The molecule has 9 aromatic rings. The maximum absolute atomic E-state index is 2.64. The second-order valence-electron chi connectivity index (χ2n) is 18.6. The van der Waals surface area contributed by atoms with Crippen LogP contribution in [-0.2, 0) is 10.8 Å². The van der Waals surface area contributed by atoms with Crippen LogP contribution in [0.25, 0.3) is 66.1 Å². The highest BCUT2D eigenvalue weighted by atomic mass is 14.5. The maximum Gasteiger partial charge on any atom is 0.0713 e. The Labute approximate surface area is 380 Å². The van der Waals surface area contributed by atoms with Crippen molar-refractivity contribution in [3.05, 3.63) is 228 Å². The normalized spacial score (nSPS) is 14.0. The number of benzene rings is 9. The van der Waals surface area contributed by atoms with Crippen LogP contribution >= 0.6 is 0 Å². The third-order valence-electron chi connectivity index (χ3n) is 15.1. The van der Waals surface area contributed by atoms with E-state index in [9.17, 15) is 0 Å². The van der Waals surface area contributed by atoms with Crippen molar-refractivity contribution in [2.45, 2.75) is 88.9 Å². The van der Waals surface area contributed by atoms with Gasteiger partial charge in [0.1, 0.15) is 0 Å². The predicted octanol–water partition coefficient (Wildman–Crippen LogP) is 17.9. The van der Waals surface area contributed by atoms with Gasteiger partial charge in [-0.2, -0.15) is 0 Å². The highest BCUT2D eigenvalue weighted by Gasteiger charge is 2.46. The quantitative estimate of drug-likeness (QED) is 0.0757. The number of hydrogen-bond acceptors (Lipinski definition) is 0. The lowest BCUT2D eigenvalue weighted by Gasteiger charge is -2.34. The van der Waals surface area contributed by atoms with Crippen molar-refractivity contribution in [1.29, 1.82) is 0 Å². The lowest BCUT2D eigenvalue weighted by molar-refractivity contribution is 0.401. The molecule has 0 bridgehead atoms. The van der Waals surface area contributed by atoms with Crippen LogP contribution in [0, 0.1) is 0 Å². The second-order valence-corrected chi connectivity index (χ2v) is 18.6. The molecule has 0 aliphatic heterocycles. The van der Waals surface area contributed by atoms with Crippen molar-refractivity contribution in [2.75, 3.05) is 0 Å². The molecule has 0 spiro atoms. The summed E-state index contributed by atoms with van der Waals surface area (Å²) in [6.07, 6.45) is 12.7. The van der Waals surface area contributed by atoms with E-state index in [4.69, 9.17) is 0 Å². The lowest BCUT2D eigenvalue weighted by atomic mass is 9.67. The minimum absolute atomic E-state index is 0.0287. The van der Waals surface area contributed by atoms with Crippen LogP contribution in [0.3, 0.4) is 0 Å². The number of rotatable bonds is 14. The van der Waals surface area contributed by atoms with Crippen LogP contribution in [0.5, 0.6) is 0 Å². The molecule has 2 aliphatic rings. The van der Waals surface area contributed by atoms with Gasteiger partial charge in [-0.05, 0) is 124 Å². The van der Waals surface area contributed by atoms with Crippen molar-refractivity contribution in [3.63, 3.8) is 0 Å². The molecule has 11 rings (SSSR count). The summed E-state index contributed by atoms with van der Waals surface area (Å²) in [5.41, 5.74) is 18.7. The zero-order valence-corrected chi connectivity index (χ0v) is 37.5. The van der Waals surface area contributed by atoms with Crippen LogP contribution in [-0.4, -0.2) is 0 Å². The molecule has 0 nitrogen and oxygen atoms in total. The second kappa shape index (κ2) is 16.9. The summed E-state index contributed by atoms with van der Waals surface area (Å²) in [6, 6.07) is 74.3. The third kappa shape index (κ3) is 6.32. The van der Waals surface area contributed by atoms with E-state index in [0.29, 0.717) is 0 Å². The smallest absolute Gasteiger partial charge is 0.0654 e. The number of fused-ring (bicyclic) bond motifs is 8. The molecule has 0 aromatic heterocycles. The van der Waals surface area contributed by atoms with Gasteiger partial charge in [0.25, 0.3) is 0 Å². The molecule has 0 atom stereocenters. The Morgan fingerprint density at radius 2 is 0.703 bits per heavy atom. The van der Waals surface area contributed by atoms with E-state index in [1.807, 2.05) is 0 Å². The molecule has 9 aromatic carbocycles. The van der Waals surface area contributed by atoms with Gasteiger partial charge in [-0.15, -0.1) is 0 Å². The van der Waals surface area contributed by atoms with Crippen LogP contribution in [0.2, 0.25) is 0 Å². The molecular weight excluding hydrogens is 769 g/mol. The molecule has 0 unspecified atom stereocenters. The van der Waals surface area contributed by atoms with E-state index in [2.05, 4.69) is 208 Å². The molecule has 0 amide bonds. The van der Waals surface area contributed by atoms with Gasteiger partial charge < -0.3 is 0 Å². The van der Waals surface area contributed by atoms with Crippen LogP contribution in [0.4, 0.5) is 0 Å². The molecule has 314 valence electrons. The Kier molecular flexibility index (Phi) is 10.6. The van der Waals surface area contributed by atoms with Gasteiger partial charge in [0, 0.05) is 5.41 Å². The average molecular weight is 827 g/mol. The monoisotopic (exact) mass is 826 g/mol. The average Bonchev–Trinajstić information content (AvgIpc) is 3.81. The summed E-state index contributed by atoms with van der Waals surface area (Å²) in [5.74, 6) is 0. The predicted molar refractivity (Wildman–Crippen MR) is 273 cm³/mol. The Bertz CT molecular complexity index is 3020. The highest BCUT2D eigenvalue weighted by molar-refractivity contribution is 6.21. The van der Waals surface area contributed by atoms with Crippen molar-refractivity contribution in [2.24, 2.45) is 0 Å². The summed E-state index contributed by atoms with van der Waals surface area (Å²) in [4.78, 5) is 0. The fraction of sp³-hybridized carbons (Fsp3) is 0.219. The van der Waals surface area contributed by atoms with Crippen molar-refractivity contribution < 1.29 is 0 Å². The van der Waals surface area contributed by atoms with Crippen molar-refractivity contribution >= 4 is 21.5 Å². The summed E-state index contributed by atoms with van der Waals surface area (Å²) in [7, 11) is 0. The van der Waals surface area contributed by atoms with E-state index >= 15 is 0 Å². The molecule has 0 N–H and O–H groups in total. The first-order valence-corrected chi connectivity index (χ1v) is 24.2. The summed E-state index contributed by atoms with van der Waals surface area (Å²) < 4.78 is 0. The van der Waals surface area contributed by atoms with Crippen LogP contribution in [0.1, 0.15) is 111 Å². The topological polar surface area (TPSA) is 0 Å². The van der Waals surface area contributed by atoms with E-state index in [1.165, 1.54) is 153 Å². The number of unbranched alkanes of at least 4 members (excludes halogenated alkanes) is 6. The van der Waals surface area contributed by atoms with Crippen molar-refractivity contribution in [1.82, 2.24) is 0 Å². The zero-order chi connectivity index (χ0) is 43.1. The first-order valence-electron chi connectivity index (χ1n) is 24.2. The first kappa shape index (κ1) is 40.3. The first-order chi connectivity index (χ1) is 31.7. The van der Waals surface area contributed by atoms with Gasteiger partial charge in [-0.3, -0.25) is 0 Å². The molecule has 64 heavy (non-hydrogen) atoms. The van der Waals surface area contributed by atoms with Crippen molar-refractivity contribution in [3.8, 4) is 44.5 Å². The highest BCUT2D eigenvalue weighted by Crippen LogP contribution is 2.58. The molecule has 2 aliphatic carbocycles. The Balaban J connectivity index is 1.13. The molecule has 0 heterocycles. The van der Waals surface area contributed by atoms with E-state index in [0.717, 1.165) is 0 Å². The molecule has 0 radical (unpaired) electrons. The molecular formula is C64H58. The maximum atomic E-state index is 2.64. The van der Waals surface area contributed by atoms with Gasteiger partial charge in [0.15, 0.2) is 0 Å². The molecule has 0 saturated carbocycles. The minimum atomic E-state index is -0.461. The zero-order valence-electron chi connectivity index (χ0n) is 37.5. The Morgan fingerprint density at radius 3 is 1.20 bits per heavy atom. The molecule has 0 saturated heterocycles. The number of hydrogen-bond donors (Lipinski definition) is 0. The Morgan fingerprint density at radius 1 is 0.312 bits per heavy atom. The van der Waals surface area contributed by atoms with E-state index < -0.39 is 5.41 Å². The Hall–Kier alpha value is -6.50. The van der Waals surface area contributed by atoms with Crippen LogP contribution in [0.15, 0.2) is 194 Å². The van der Waals surface area contributed by atoms with Gasteiger partial charge in [0.2, 0.25) is 0 Å². The largest absolute Gasteiger partial charge is 0.0713 e. The van der Waals surface area contributed by atoms with Gasteiger partial charge >= 0.3 is 0 Å². The van der Waals surface area contributed by atoms with E-state index in [1.54, 1.807) is 11.1 Å². The summed E-state index contributed by atoms with van der Waals surface area (Å²) in [5, 5.41) is 5.21. The SMILES string of the molecule is CCCCCCC1(CCCCCC)c2ccccc2-c2ccc(-c3c4ccccc4c(-c4ccc5c(c4)C(c4ccccc4)(c4ccccc4)c4ccccc4-5)c4ccccc34)cc21. The fourth-order valence-electron chi connectivity index (χ4n) is 12.3. The van der Waals surface area contributed by atoms with Gasteiger partial charge in [-0.1, -0.05) is 247 Å². The minimum Gasteiger partial charge on any atom is -0.0654 e. The van der Waals surface area contributed by atoms with E-state index in [-0.39, 0.29) is 5.41 Å². The van der Waals surface area contributed by atoms with Crippen LogP contribution < -0.4 is 0 Å². The third-order valence-corrected chi connectivity index (χ3v) is 15.1. The fourth-order valence-corrected chi connectivity index (χ4v) is 12.3. The van der Waals surface area contributed by atoms with Gasteiger partial charge in [-0.25, -0.2) is 0 Å². The standard InChI is InChI=1S/C64H58/c1-3-5-7-23-41-63(42-24-8-6-4-2)57-35-21-19-29-49(57)51-39-37-45(43-59(51)63)61-53-31-15-17-33-55(53)62(56-34-18-16-32-54(56)61)46-38-40-52-50-30-20-22-36-58(50)64(60(52)44-46,47-25-11-9-12-26-47)48-27-13-10-14-28-48/h9-22,25-40,43-44H,3-8,23-24,41-42H2,1-2H3. The molecule has 0 heteroatoms.